The molecule has 0 spiro atoms. The first-order chi connectivity index (χ1) is 11.1. The number of hydrogen-bond donors (Lipinski definition) is 0. The van der Waals surface area contributed by atoms with Gasteiger partial charge in [0.2, 0.25) is 0 Å². The minimum Gasteiger partial charge on any atom is -0.0614 e. The summed E-state index contributed by atoms with van der Waals surface area (Å²) in [4.78, 5) is 0. The second-order valence-corrected chi connectivity index (χ2v) is 7.20. The van der Waals surface area contributed by atoms with Crippen LogP contribution in [0, 0.1) is 20.8 Å². The molecular formula is C23H20. The summed E-state index contributed by atoms with van der Waals surface area (Å²) in [5.41, 5.74) is 16.2. The molecule has 0 saturated carbocycles. The van der Waals surface area contributed by atoms with Crippen LogP contribution in [0.2, 0.25) is 0 Å². The molecule has 2 aliphatic rings. The predicted octanol–water partition coefficient (Wildman–Crippen LogP) is 5.75. The molecule has 0 aliphatic heterocycles. The maximum absolute atomic E-state index is 2.39. The highest BCUT2D eigenvalue weighted by Crippen LogP contribution is 2.50. The van der Waals surface area contributed by atoms with Gasteiger partial charge in [0.15, 0.2) is 0 Å². The van der Waals surface area contributed by atoms with Crippen LogP contribution in [0.25, 0.3) is 22.3 Å². The summed E-state index contributed by atoms with van der Waals surface area (Å²) in [5.74, 6) is 0. The van der Waals surface area contributed by atoms with Crippen molar-refractivity contribution in [1.29, 1.82) is 0 Å². The Morgan fingerprint density at radius 2 is 1.30 bits per heavy atom. The van der Waals surface area contributed by atoms with E-state index < -0.39 is 0 Å². The van der Waals surface area contributed by atoms with E-state index in [-0.39, 0.29) is 0 Å². The van der Waals surface area contributed by atoms with E-state index in [1.807, 2.05) is 0 Å². The number of benzene rings is 3. The average Bonchev–Trinajstić information content (AvgIpc) is 3.06. The Balaban J connectivity index is 1.88. The normalized spacial score (nSPS) is 13.5. The molecule has 0 saturated heterocycles. The Labute approximate surface area is 137 Å². The molecule has 3 aromatic rings. The van der Waals surface area contributed by atoms with Gasteiger partial charge in [0.05, 0.1) is 0 Å². The fraction of sp³-hybridized carbons (Fsp3) is 0.217. The van der Waals surface area contributed by atoms with Gasteiger partial charge in [0.1, 0.15) is 0 Å². The van der Waals surface area contributed by atoms with E-state index in [1.165, 1.54) is 61.2 Å². The molecule has 3 aromatic carbocycles. The average molecular weight is 296 g/mol. The van der Waals surface area contributed by atoms with E-state index in [4.69, 9.17) is 0 Å². The van der Waals surface area contributed by atoms with Gasteiger partial charge in [-0.3, -0.25) is 0 Å². The molecule has 0 N–H and O–H groups in total. The lowest BCUT2D eigenvalue weighted by Crippen LogP contribution is -1.88. The monoisotopic (exact) mass is 296 g/mol. The van der Waals surface area contributed by atoms with E-state index in [1.54, 1.807) is 0 Å². The molecule has 0 heterocycles. The van der Waals surface area contributed by atoms with Crippen LogP contribution < -0.4 is 0 Å². The summed E-state index contributed by atoms with van der Waals surface area (Å²) in [5, 5.41) is 0. The zero-order valence-corrected chi connectivity index (χ0v) is 14.0. The highest BCUT2D eigenvalue weighted by molar-refractivity contribution is 5.96. The van der Waals surface area contributed by atoms with Crippen molar-refractivity contribution >= 4 is 0 Å². The van der Waals surface area contributed by atoms with Gasteiger partial charge >= 0.3 is 0 Å². The maximum atomic E-state index is 2.39. The van der Waals surface area contributed by atoms with Crippen LogP contribution in [0.1, 0.15) is 38.9 Å². The molecule has 0 atom stereocenters. The fourth-order valence-electron chi connectivity index (χ4n) is 4.61. The predicted molar refractivity (Wildman–Crippen MR) is 97.1 cm³/mol. The molecule has 0 aromatic heterocycles. The van der Waals surface area contributed by atoms with Crippen LogP contribution >= 0.6 is 0 Å². The van der Waals surface area contributed by atoms with E-state index in [0.29, 0.717) is 0 Å². The maximum Gasteiger partial charge on any atom is -0.00106 e. The largest absolute Gasteiger partial charge is 0.0614 e. The molecule has 0 heteroatoms. The molecule has 2 aliphatic carbocycles. The van der Waals surface area contributed by atoms with Crippen molar-refractivity contribution in [3.05, 3.63) is 81.4 Å². The smallest absolute Gasteiger partial charge is 0.00106 e. The van der Waals surface area contributed by atoms with Crippen LogP contribution in [0.5, 0.6) is 0 Å². The third kappa shape index (κ3) is 1.67. The van der Waals surface area contributed by atoms with Gasteiger partial charge in [0, 0.05) is 0 Å². The van der Waals surface area contributed by atoms with E-state index >= 15 is 0 Å². The van der Waals surface area contributed by atoms with Gasteiger partial charge in [-0.2, -0.15) is 0 Å². The summed E-state index contributed by atoms with van der Waals surface area (Å²) < 4.78 is 0. The van der Waals surface area contributed by atoms with Crippen molar-refractivity contribution in [2.24, 2.45) is 0 Å². The topological polar surface area (TPSA) is 0 Å². The lowest BCUT2D eigenvalue weighted by Gasteiger charge is -2.11. The third-order valence-corrected chi connectivity index (χ3v) is 5.68. The fourth-order valence-corrected chi connectivity index (χ4v) is 4.61. The van der Waals surface area contributed by atoms with Crippen LogP contribution in [0.15, 0.2) is 42.5 Å². The minimum absolute atomic E-state index is 1.09. The quantitative estimate of drug-likeness (QED) is 0.341. The first kappa shape index (κ1) is 13.1. The number of hydrogen-bond acceptors (Lipinski definition) is 0. The van der Waals surface area contributed by atoms with E-state index in [0.717, 1.165) is 12.8 Å². The first-order valence-electron chi connectivity index (χ1n) is 8.47. The molecule has 0 unspecified atom stereocenters. The summed E-state index contributed by atoms with van der Waals surface area (Å²) in [6.45, 7) is 6.72. The molecule has 5 rings (SSSR count). The van der Waals surface area contributed by atoms with Gasteiger partial charge in [-0.25, -0.2) is 0 Å². The standard InChI is InChI=1S/C23H20/c1-13-9-15(3)20-12-17-8-7-16-11-19-14(2)5-4-6-18(19)22(16)23(17)21(20)10-13/h4-10H,11-12H2,1-3H3. The lowest BCUT2D eigenvalue weighted by atomic mass is 9.92. The van der Waals surface area contributed by atoms with Crippen LogP contribution in [0.3, 0.4) is 0 Å². The number of aryl methyl sites for hydroxylation is 3. The minimum atomic E-state index is 1.09. The van der Waals surface area contributed by atoms with Crippen molar-refractivity contribution < 1.29 is 0 Å². The number of fused-ring (bicyclic) bond motifs is 7. The van der Waals surface area contributed by atoms with Gasteiger partial charge < -0.3 is 0 Å². The zero-order valence-electron chi connectivity index (χ0n) is 14.0. The van der Waals surface area contributed by atoms with Gasteiger partial charge in [-0.1, -0.05) is 48.0 Å². The van der Waals surface area contributed by atoms with Gasteiger partial charge in [-0.05, 0) is 89.2 Å². The SMILES string of the molecule is Cc1cc(C)c2c(c1)-c1c(ccc3c1-c1cccc(C)c1C3)C2. The molecule has 112 valence electrons. The van der Waals surface area contributed by atoms with Crippen molar-refractivity contribution in [2.45, 2.75) is 33.6 Å². The molecular weight excluding hydrogens is 276 g/mol. The first-order valence-corrected chi connectivity index (χ1v) is 8.47. The zero-order chi connectivity index (χ0) is 15.7. The van der Waals surface area contributed by atoms with Crippen molar-refractivity contribution in [1.82, 2.24) is 0 Å². The molecule has 0 nitrogen and oxygen atoms in total. The summed E-state index contributed by atoms with van der Waals surface area (Å²) >= 11 is 0. The van der Waals surface area contributed by atoms with Gasteiger partial charge in [-0.15, -0.1) is 0 Å². The Morgan fingerprint density at radius 3 is 2.04 bits per heavy atom. The summed E-state index contributed by atoms with van der Waals surface area (Å²) in [6, 6.07) is 16.2. The van der Waals surface area contributed by atoms with E-state index in [2.05, 4.69) is 63.2 Å². The highest BCUT2D eigenvalue weighted by Gasteiger charge is 2.29. The van der Waals surface area contributed by atoms with Crippen molar-refractivity contribution in [3.63, 3.8) is 0 Å². The van der Waals surface area contributed by atoms with Crippen LogP contribution in [-0.4, -0.2) is 0 Å². The van der Waals surface area contributed by atoms with Crippen molar-refractivity contribution in [2.75, 3.05) is 0 Å². The number of rotatable bonds is 0. The second kappa shape index (κ2) is 4.35. The van der Waals surface area contributed by atoms with Crippen LogP contribution in [-0.2, 0) is 12.8 Å². The summed E-state index contributed by atoms with van der Waals surface area (Å²) in [7, 11) is 0. The Morgan fingerprint density at radius 1 is 0.652 bits per heavy atom. The third-order valence-electron chi connectivity index (χ3n) is 5.68. The molecule has 0 radical (unpaired) electrons. The molecule has 23 heavy (non-hydrogen) atoms. The second-order valence-electron chi connectivity index (χ2n) is 7.20. The van der Waals surface area contributed by atoms with E-state index in [9.17, 15) is 0 Å². The molecule has 0 bridgehead atoms. The van der Waals surface area contributed by atoms with Crippen LogP contribution in [0.4, 0.5) is 0 Å². The van der Waals surface area contributed by atoms with Crippen molar-refractivity contribution in [3.8, 4) is 22.3 Å². The Kier molecular flexibility index (Phi) is 2.48. The molecule has 0 amide bonds. The van der Waals surface area contributed by atoms with Gasteiger partial charge in [0.25, 0.3) is 0 Å². The lowest BCUT2D eigenvalue weighted by molar-refractivity contribution is 1.19. The summed E-state index contributed by atoms with van der Waals surface area (Å²) in [6.07, 6.45) is 2.18. The molecule has 0 fully saturated rings. The highest BCUT2D eigenvalue weighted by atomic mass is 14.3. The Bertz CT molecular complexity index is 989. The Hall–Kier alpha value is -2.34.